The van der Waals surface area contributed by atoms with Crippen LogP contribution in [0.2, 0.25) is 0 Å². The molecule has 0 atom stereocenters. The number of rotatable bonds is 4. The zero-order valence-electron chi connectivity index (χ0n) is 12.1. The summed E-state index contributed by atoms with van der Waals surface area (Å²) in [4.78, 5) is 26.8. The number of carbonyl (C=O) groups excluding carboxylic acids is 2. The number of pyridine rings is 1. The SMILES string of the molecule is O=C(Nc1ccc(F)cc1)Nc1cnc(C(=O)NO)c(O)c1CO. The molecule has 0 aliphatic heterocycles. The molecule has 0 saturated heterocycles. The van der Waals surface area contributed by atoms with Crippen molar-refractivity contribution in [3.8, 4) is 5.75 Å². The standard InChI is InChI=1S/C14H13FN4O5/c15-7-1-3-8(4-2-7)17-14(23)18-10-5-16-11(13(22)19-24)12(21)9(10)6-20/h1-5,20-21,24H,6H2,(H,19,22)(H2,17,18,23). The first-order chi connectivity index (χ1) is 11.5. The van der Waals surface area contributed by atoms with E-state index < -0.39 is 35.8 Å². The molecule has 0 aliphatic carbocycles. The maximum atomic E-state index is 12.8. The first-order valence-corrected chi connectivity index (χ1v) is 6.56. The number of urea groups is 1. The molecule has 6 N–H and O–H groups in total. The summed E-state index contributed by atoms with van der Waals surface area (Å²) in [5, 5.41) is 32.5. The van der Waals surface area contributed by atoms with E-state index in [1.54, 1.807) is 0 Å². The van der Waals surface area contributed by atoms with E-state index in [-0.39, 0.29) is 11.3 Å². The molecular weight excluding hydrogens is 323 g/mol. The lowest BCUT2D eigenvalue weighted by atomic mass is 10.1. The van der Waals surface area contributed by atoms with Gasteiger partial charge in [0.2, 0.25) is 0 Å². The number of halogens is 1. The number of aliphatic hydroxyl groups excluding tert-OH is 1. The third-order valence-corrected chi connectivity index (χ3v) is 2.98. The summed E-state index contributed by atoms with van der Waals surface area (Å²) >= 11 is 0. The number of benzene rings is 1. The Morgan fingerprint density at radius 2 is 1.83 bits per heavy atom. The number of aliphatic hydroxyl groups is 1. The molecule has 0 saturated carbocycles. The minimum absolute atomic E-state index is 0.0518. The van der Waals surface area contributed by atoms with Gasteiger partial charge in [0.05, 0.1) is 18.5 Å². The van der Waals surface area contributed by atoms with Gasteiger partial charge in [0.1, 0.15) is 5.82 Å². The number of anilines is 2. The molecule has 0 aliphatic rings. The molecule has 0 fully saturated rings. The largest absolute Gasteiger partial charge is 0.505 e. The molecule has 9 nitrogen and oxygen atoms in total. The van der Waals surface area contributed by atoms with Crippen LogP contribution in [-0.4, -0.2) is 32.3 Å². The molecule has 1 aromatic carbocycles. The fourth-order valence-corrected chi connectivity index (χ4v) is 1.84. The van der Waals surface area contributed by atoms with Crippen LogP contribution in [0, 0.1) is 5.82 Å². The van der Waals surface area contributed by atoms with E-state index in [0.717, 1.165) is 18.3 Å². The van der Waals surface area contributed by atoms with E-state index >= 15 is 0 Å². The number of hydrogen-bond donors (Lipinski definition) is 6. The topological polar surface area (TPSA) is 144 Å². The number of hydroxylamine groups is 1. The van der Waals surface area contributed by atoms with Crippen molar-refractivity contribution in [1.82, 2.24) is 10.5 Å². The molecular formula is C14H13FN4O5. The highest BCUT2D eigenvalue weighted by atomic mass is 19.1. The quantitative estimate of drug-likeness (QED) is 0.365. The number of nitrogens with one attached hydrogen (secondary N) is 3. The smallest absolute Gasteiger partial charge is 0.323 e. The summed E-state index contributed by atoms with van der Waals surface area (Å²) in [5.41, 5.74) is 0.868. The van der Waals surface area contributed by atoms with E-state index in [0.29, 0.717) is 5.69 Å². The number of carbonyl (C=O) groups is 2. The fourth-order valence-electron chi connectivity index (χ4n) is 1.84. The minimum Gasteiger partial charge on any atom is -0.505 e. The number of aromatic nitrogens is 1. The number of hydrogen-bond acceptors (Lipinski definition) is 6. The van der Waals surface area contributed by atoms with Gasteiger partial charge in [0, 0.05) is 11.3 Å². The zero-order chi connectivity index (χ0) is 17.7. The molecule has 1 aromatic heterocycles. The van der Waals surface area contributed by atoms with Gasteiger partial charge in [-0.2, -0.15) is 0 Å². The summed E-state index contributed by atoms with van der Waals surface area (Å²) in [7, 11) is 0. The molecule has 0 spiro atoms. The van der Waals surface area contributed by atoms with Crippen LogP contribution in [-0.2, 0) is 6.61 Å². The second-order valence-corrected chi connectivity index (χ2v) is 4.53. The maximum Gasteiger partial charge on any atom is 0.323 e. The van der Waals surface area contributed by atoms with Gasteiger partial charge in [0.25, 0.3) is 5.91 Å². The van der Waals surface area contributed by atoms with Crippen molar-refractivity contribution in [2.45, 2.75) is 6.61 Å². The van der Waals surface area contributed by atoms with Gasteiger partial charge >= 0.3 is 6.03 Å². The Balaban J connectivity index is 2.19. The van der Waals surface area contributed by atoms with Gasteiger partial charge in [-0.1, -0.05) is 0 Å². The third kappa shape index (κ3) is 3.74. The lowest BCUT2D eigenvalue weighted by Crippen LogP contribution is -2.23. The van der Waals surface area contributed by atoms with Crippen molar-refractivity contribution in [3.63, 3.8) is 0 Å². The van der Waals surface area contributed by atoms with Crippen LogP contribution >= 0.6 is 0 Å². The number of nitrogens with zero attached hydrogens (tertiary/aromatic N) is 1. The summed E-state index contributed by atoms with van der Waals surface area (Å²) in [5.74, 6) is -2.23. The van der Waals surface area contributed by atoms with Gasteiger partial charge in [0.15, 0.2) is 11.4 Å². The molecule has 2 aromatic rings. The third-order valence-electron chi connectivity index (χ3n) is 2.98. The highest BCUT2D eigenvalue weighted by molar-refractivity contribution is 6.01. The first-order valence-electron chi connectivity index (χ1n) is 6.56. The van der Waals surface area contributed by atoms with E-state index in [9.17, 15) is 24.2 Å². The summed E-state index contributed by atoms with van der Waals surface area (Å²) in [6.45, 7) is -0.702. The predicted molar refractivity (Wildman–Crippen MR) is 80.1 cm³/mol. The molecule has 3 amide bonds. The Kier molecular flexibility index (Phi) is 5.24. The van der Waals surface area contributed by atoms with Crippen molar-refractivity contribution >= 4 is 23.3 Å². The maximum absolute atomic E-state index is 12.8. The van der Waals surface area contributed by atoms with Gasteiger partial charge in [-0.25, -0.2) is 19.6 Å². The van der Waals surface area contributed by atoms with Crippen molar-refractivity contribution in [3.05, 3.63) is 47.5 Å². The van der Waals surface area contributed by atoms with Gasteiger partial charge < -0.3 is 20.8 Å². The molecule has 0 radical (unpaired) electrons. The van der Waals surface area contributed by atoms with Crippen LogP contribution in [0.15, 0.2) is 30.5 Å². The van der Waals surface area contributed by atoms with E-state index in [1.807, 2.05) is 0 Å². The van der Waals surface area contributed by atoms with E-state index in [1.165, 1.54) is 17.6 Å². The molecule has 10 heteroatoms. The van der Waals surface area contributed by atoms with Crippen LogP contribution < -0.4 is 16.1 Å². The Labute approximate surface area is 134 Å². The second kappa shape index (κ2) is 7.35. The monoisotopic (exact) mass is 336 g/mol. The van der Waals surface area contributed by atoms with Gasteiger partial charge in [-0.3, -0.25) is 10.0 Å². The van der Waals surface area contributed by atoms with Gasteiger partial charge in [-0.05, 0) is 24.3 Å². The Morgan fingerprint density at radius 3 is 2.42 bits per heavy atom. The number of aromatic hydroxyl groups is 1. The van der Waals surface area contributed by atoms with Crippen molar-refractivity contribution < 1.29 is 29.4 Å². The molecule has 2 rings (SSSR count). The van der Waals surface area contributed by atoms with Crippen LogP contribution in [0.25, 0.3) is 0 Å². The molecule has 0 unspecified atom stereocenters. The van der Waals surface area contributed by atoms with Crippen LogP contribution in [0.4, 0.5) is 20.6 Å². The highest BCUT2D eigenvalue weighted by Gasteiger charge is 2.19. The molecule has 1 heterocycles. The number of amides is 3. The lowest BCUT2D eigenvalue weighted by Gasteiger charge is -2.13. The van der Waals surface area contributed by atoms with E-state index in [2.05, 4.69) is 15.6 Å². The molecule has 126 valence electrons. The Bertz CT molecular complexity index is 767. The average Bonchev–Trinajstić information content (AvgIpc) is 2.56. The first kappa shape index (κ1) is 17.1. The fraction of sp³-hybridized carbons (Fsp3) is 0.0714. The van der Waals surface area contributed by atoms with Crippen molar-refractivity contribution in [2.24, 2.45) is 0 Å². The Morgan fingerprint density at radius 1 is 1.17 bits per heavy atom. The van der Waals surface area contributed by atoms with Crippen LogP contribution in [0.1, 0.15) is 16.1 Å². The summed E-state index contributed by atoms with van der Waals surface area (Å²) in [6, 6.07) is 4.25. The normalized spacial score (nSPS) is 10.1. The molecule has 24 heavy (non-hydrogen) atoms. The lowest BCUT2D eigenvalue weighted by molar-refractivity contribution is 0.0697. The van der Waals surface area contributed by atoms with Gasteiger partial charge in [-0.15, -0.1) is 0 Å². The van der Waals surface area contributed by atoms with Crippen molar-refractivity contribution in [2.75, 3.05) is 10.6 Å². The Hall–Kier alpha value is -3.24. The second-order valence-electron chi connectivity index (χ2n) is 4.53. The van der Waals surface area contributed by atoms with Crippen LogP contribution in [0.3, 0.4) is 0 Å². The van der Waals surface area contributed by atoms with E-state index in [4.69, 9.17) is 5.21 Å². The predicted octanol–water partition coefficient (Wildman–Crippen LogP) is 1.18. The summed E-state index contributed by atoms with van der Waals surface area (Å²) in [6.07, 6.45) is 1.03. The highest BCUT2D eigenvalue weighted by Crippen LogP contribution is 2.28. The minimum atomic E-state index is -1.08. The summed E-state index contributed by atoms with van der Waals surface area (Å²) < 4.78 is 12.8. The zero-order valence-corrected chi connectivity index (χ0v) is 12.1. The van der Waals surface area contributed by atoms with Crippen LogP contribution in [0.5, 0.6) is 5.75 Å². The average molecular weight is 336 g/mol. The molecule has 0 bridgehead atoms. The van der Waals surface area contributed by atoms with Crippen molar-refractivity contribution in [1.29, 1.82) is 0 Å².